The normalized spacial score (nSPS) is 14.1. The first-order chi connectivity index (χ1) is 16.0. The highest BCUT2D eigenvalue weighted by Gasteiger charge is 2.28. The Morgan fingerprint density at radius 2 is 1.58 bits per heavy atom. The minimum Gasteiger partial charge on any atom is -0.507 e. The summed E-state index contributed by atoms with van der Waals surface area (Å²) >= 11 is 1.47. The number of piperazine rings is 1. The maximum Gasteiger partial charge on any atom is 0.264 e. The van der Waals surface area contributed by atoms with Gasteiger partial charge in [-0.2, -0.15) is 5.10 Å². The number of fused-ring (bicyclic) bond motifs is 1. The highest BCUT2D eigenvalue weighted by molar-refractivity contribution is 7.20. The number of amides is 2. The lowest BCUT2D eigenvalue weighted by atomic mass is 10.1. The van der Waals surface area contributed by atoms with Gasteiger partial charge in [-0.1, -0.05) is 42.5 Å². The van der Waals surface area contributed by atoms with Crippen molar-refractivity contribution >= 4 is 33.4 Å². The molecular weight excluding hydrogens is 436 g/mol. The van der Waals surface area contributed by atoms with E-state index < -0.39 is 0 Å². The summed E-state index contributed by atoms with van der Waals surface area (Å²) in [5.41, 5.74) is 2.36. The van der Waals surface area contributed by atoms with Crippen LogP contribution in [0.5, 0.6) is 5.75 Å². The lowest BCUT2D eigenvalue weighted by Gasteiger charge is -2.34. The van der Waals surface area contributed by atoms with Crippen LogP contribution in [0.2, 0.25) is 0 Å². The van der Waals surface area contributed by atoms with Gasteiger partial charge in [0.25, 0.3) is 11.8 Å². The van der Waals surface area contributed by atoms with Gasteiger partial charge in [-0.3, -0.25) is 14.3 Å². The van der Waals surface area contributed by atoms with Crippen LogP contribution < -0.4 is 0 Å². The third kappa shape index (κ3) is 4.09. The quantitative estimate of drug-likeness (QED) is 0.503. The standard InChI is InChI=1S/C25H24N4O3S/c1-17-20-15-22(33-25(20)29(26-17)16-18-7-3-2-4-8-18)24(32)28-13-11-27(12-14-28)23(31)19-9-5-6-10-21(19)30/h2-10,15,30H,11-14,16H2,1H3. The Balaban J connectivity index is 1.29. The predicted octanol–water partition coefficient (Wildman–Crippen LogP) is 3.76. The maximum atomic E-state index is 13.2. The van der Waals surface area contributed by atoms with Gasteiger partial charge in [0.05, 0.1) is 22.7 Å². The second-order valence-electron chi connectivity index (χ2n) is 8.16. The first-order valence-corrected chi connectivity index (χ1v) is 11.7. The van der Waals surface area contributed by atoms with Crippen LogP contribution in [0.15, 0.2) is 60.7 Å². The molecule has 0 saturated carbocycles. The fourth-order valence-electron chi connectivity index (χ4n) is 4.17. The van der Waals surface area contributed by atoms with E-state index in [4.69, 9.17) is 0 Å². The van der Waals surface area contributed by atoms with E-state index in [2.05, 4.69) is 17.2 Å². The molecule has 1 aliphatic rings. The van der Waals surface area contributed by atoms with Crippen molar-refractivity contribution in [1.29, 1.82) is 0 Å². The van der Waals surface area contributed by atoms with Crippen LogP contribution in [0.25, 0.3) is 10.2 Å². The first kappa shape index (κ1) is 21.2. The lowest BCUT2D eigenvalue weighted by Crippen LogP contribution is -2.50. The summed E-state index contributed by atoms with van der Waals surface area (Å²) in [6.45, 7) is 4.42. The average Bonchev–Trinajstić information content (AvgIpc) is 3.40. The summed E-state index contributed by atoms with van der Waals surface area (Å²) in [7, 11) is 0. The zero-order chi connectivity index (χ0) is 22.9. The van der Waals surface area contributed by atoms with Gasteiger partial charge in [0.15, 0.2) is 0 Å². The predicted molar refractivity (Wildman–Crippen MR) is 128 cm³/mol. The van der Waals surface area contributed by atoms with Gasteiger partial charge < -0.3 is 14.9 Å². The van der Waals surface area contributed by atoms with Crippen molar-refractivity contribution in [3.05, 3.63) is 82.4 Å². The number of phenols is 1. The number of para-hydroxylation sites is 1. The molecule has 0 spiro atoms. The Bertz CT molecular complexity index is 1320. The minimum absolute atomic E-state index is 0.0171. The van der Waals surface area contributed by atoms with Gasteiger partial charge >= 0.3 is 0 Å². The Kier molecular flexibility index (Phi) is 5.60. The van der Waals surface area contributed by atoms with Crippen molar-refractivity contribution in [2.45, 2.75) is 13.5 Å². The molecular formula is C25H24N4O3S. The third-order valence-corrected chi connectivity index (χ3v) is 7.12. The number of carbonyl (C=O) groups is 2. The monoisotopic (exact) mass is 460 g/mol. The molecule has 0 atom stereocenters. The molecule has 2 aromatic heterocycles. The molecule has 2 amide bonds. The summed E-state index contributed by atoms with van der Waals surface area (Å²) in [6.07, 6.45) is 0. The molecule has 4 aromatic rings. The number of aromatic nitrogens is 2. The van der Waals surface area contributed by atoms with Gasteiger partial charge in [0, 0.05) is 31.6 Å². The maximum absolute atomic E-state index is 13.2. The molecule has 0 bridgehead atoms. The van der Waals surface area contributed by atoms with Crippen LogP contribution in [0.1, 0.15) is 31.3 Å². The second kappa shape index (κ2) is 8.71. The highest BCUT2D eigenvalue weighted by Crippen LogP contribution is 2.30. The van der Waals surface area contributed by atoms with E-state index in [0.29, 0.717) is 43.2 Å². The number of hydrogen-bond donors (Lipinski definition) is 1. The number of phenolic OH excluding ortho intramolecular Hbond substituents is 1. The number of nitrogens with zero attached hydrogens (tertiary/aromatic N) is 4. The van der Waals surface area contributed by atoms with Crippen molar-refractivity contribution in [2.75, 3.05) is 26.2 Å². The summed E-state index contributed by atoms with van der Waals surface area (Å²) in [4.78, 5) is 31.1. The molecule has 1 N–H and O–H groups in total. The molecule has 0 aliphatic carbocycles. The number of thiophene rings is 1. The molecule has 7 nitrogen and oxygen atoms in total. The Hall–Kier alpha value is -3.65. The van der Waals surface area contributed by atoms with E-state index in [0.717, 1.165) is 21.5 Å². The van der Waals surface area contributed by atoms with E-state index in [1.165, 1.54) is 17.4 Å². The smallest absolute Gasteiger partial charge is 0.264 e. The van der Waals surface area contributed by atoms with Gasteiger partial charge in [-0.15, -0.1) is 11.3 Å². The van der Waals surface area contributed by atoms with E-state index in [1.807, 2.05) is 35.9 Å². The molecule has 1 saturated heterocycles. The topological polar surface area (TPSA) is 78.7 Å². The molecule has 2 aromatic carbocycles. The fraction of sp³-hybridized carbons (Fsp3) is 0.240. The average molecular weight is 461 g/mol. The molecule has 0 radical (unpaired) electrons. The third-order valence-electron chi connectivity index (χ3n) is 5.98. The fourth-order valence-corrected chi connectivity index (χ4v) is 5.30. The van der Waals surface area contributed by atoms with E-state index in [1.54, 1.807) is 28.0 Å². The number of aromatic hydroxyl groups is 1. The minimum atomic E-state index is -0.210. The summed E-state index contributed by atoms with van der Waals surface area (Å²) in [5.74, 6) is -0.249. The highest BCUT2D eigenvalue weighted by atomic mass is 32.1. The van der Waals surface area contributed by atoms with Crippen molar-refractivity contribution < 1.29 is 14.7 Å². The van der Waals surface area contributed by atoms with Crippen LogP contribution in [0.4, 0.5) is 0 Å². The first-order valence-electron chi connectivity index (χ1n) is 10.9. The Labute approximate surface area is 195 Å². The van der Waals surface area contributed by atoms with Crippen LogP contribution in [-0.2, 0) is 6.54 Å². The molecule has 168 valence electrons. The zero-order valence-electron chi connectivity index (χ0n) is 18.3. The van der Waals surface area contributed by atoms with E-state index in [-0.39, 0.29) is 17.6 Å². The van der Waals surface area contributed by atoms with E-state index >= 15 is 0 Å². The number of hydrogen-bond acceptors (Lipinski definition) is 5. The molecule has 0 unspecified atom stereocenters. The van der Waals surface area contributed by atoms with Crippen LogP contribution in [-0.4, -0.2) is 62.7 Å². The van der Waals surface area contributed by atoms with Crippen LogP contribution in [0, 0.1) is 6.92 Å². The molecule has 5 rings (SSSR count). The lowest BCUT2D eigenvalue weighted by molar-refractivity contribution is 0.0536. The second-order valence-corrected chi connectivity index (χ2v) is 9.19. The number of aryl methyl sites for hydroxylation is 1. The zero-order valence-corrected chi connectivity index (χ0v) is 19.1. The van der Waals surface area contributed by atoms with E-state index in [9.17, 15) is 14.7 Å². The molecule has 3 heterocycles. The molecule has 8 heteroatoms. The van der Waals surface area contributed by atoms with Crippen molar-refractivity contribution in [3.8, 4) is 5.75 Å². The molecule has 1 aliphatic heterocycles. The van der Waals surface area contributed by atoms with Crippen molar-refractivity contribution in [3.63, 3.8) is 0 Å². The van der Waals surface area contributed by atoms with Gasteiger partial charge in [0.2, 0.25) is 0 Å². The number of rotatable bonds is 4. The number of carbonyl (C=O) groups excluding carboxylic acids is 2. The van der Waals surface area contributed by atoms with Crippen molar-refractivity contribution in [1.82, 2.24) is 19.6 Å². The molecule has 33 heavy (non-hydrogen) atoms. The summed E-state index contributed by atoms with van der Waals surface area (Å²) in [5, 5.41) is 15.6. The van der Waals surface area contributed by atoms with Gasteiger partial charge in [0.1, 0.15) is 10.6 Å². The Morgan fingerprint density at radius 1 is 0.939 bits per heavy atom. The Morgan fingerprint density at radius 3 is 2.27 bits per heavy atom. The summed E-state index contributed by atoms with van der Waals surface area (Å²) < 4.78 is 1.96. The summed E-state index contributed by atoms with van der Waals surface area (Å²) in [6, 6.07) is 18.6. The number of benzene rings is 2. The largest absolute Gasteiger partial charge is 0.507 e. The van der Waals surface area contributed by atoms with Gasteiger partial charge in [-0.25, -0.2) is 0 Å². The molecule has 1 fully saturated rings. The van der Waals surface area contributed by atoms with Crippen LogP contribution in [0.3, 0.4) is 0 Å². The van der Waals surface area contributed by atoms with Crippen molar-refractivity contribution in [2.24, 2.45) is 0 Å². The van der Waals surface area contributed by atoms with Gasteiger partial charge in [-0.05, 0) is 30.7 Å². The van der Waals surface area contributed by atoms with Crippen LogP contribution >= 0.6 is 11.3 Å². The SMILES string of the molecule is Cc1nn(Cc2ccccc2)c2sc(C(=O)N3CCN(C(=O)c4ccccc4O)CC3)cc12.